The number of carbonyl (C=O) groups is 2. The summed E-state index contributed by atoms with van der Waals surface area (Å²) in [5.41, 5.74) is -0.398. The number of nitrogens with zero attached hydrogens (tertiary/aromatic N) is 2. The average Bonchev–Trinajstić information content (AvgIpc) is 2.68. The molecule has 2 aromatic carbocycles. The quantitative estimate of drug-likeness (QED) is 0.109. The van der Waals surface area contributed by atoms with Crippen molar-refractivity contribution in [3.63, 3.8) is 0 Å². The molecule has 154 valence electrons. The largest absolute Gasteiger partial charge is 0.493 e. The molecule has 30 heavy (non-hydrogen) atoms. The molecule has 0 unspecified atom stereocenters. The van der Waals surface area contributed by atoms with E-state index in [0.29, 0.717) is 9.13 Å². The lowest BCUT2D eigenvalue weighted by Gasteiger charge is -2.11. The molecule has 2 aromatic rings. The summed E-state index contributed by atoms with van der Waals surface area (Å²) in [5, 5.41) is 23.0. The first-order valence-electron chi connectivity index (χ1n) is 8.09. The van der Waals surface area contributed by atoms with Gasteiger partial charge in [0.15, 0.2) is 11.5 Å². The molecule has 0 saturated heterocycles. The van der Waals surface area contributed by atoms with Gasteiger partial charge >= 0.3 is 5.97 Å². The lowest BCUT2D eigenvalue weighted by molar-refractivity contribution is -0.383. The number of amides is 1. The molecule has 0 aliphatic rings. The van der Waals surface area contributed by atoms with Crippen molar-refractivity contribution in [1.29, 1.82) is 5.26 Å². The Balaban J connectivity index is 2.40. The average molecular weight is 542 g/mol. The number of methoxy groups -OCH3 is 1. The van der Waals surface area contributed by atoms with Crippen molar-refractivity contribution >= 4 is 63.5 Å². The third kappa shape index (κ3) is 5.68. The maximum atomic E-state index is 12.5. The first kappa shape index (κ1) is 23.1. The summed E-state index contributed by atoms with van der Waals surface area (Å²) >= 11 is 7.68. The summed E-state index contributed by atoms with van der Waals surface area (Å²) in [6.07, 6.45) is 1.28. The Morgan fingerprint density at radius 2 is 2.03 bits per heavy atom. The van der Waals surface area contributed by atoms with E-state index in [2.05, 4.69) is 5.32 Å². The summed E-state index contributed by atoms with van der Waals surface area (Å²) in [5.74, 6) is -0.936. The van der Waals surface area contributed by atoms with Crippen molar-refractivity contribution in [2.75, 3.05) is 12.4 Å². The number of hydrogen-bond donors (Lipinski definition) is 1. The highest BCUT2D eigenvalue weighted by molar-refractivity contribution is 14.1. The van der Waals surface area contributed by atoms with Crippen molar-refractivity contribution in [3.05, 3.63) is 60.2 Å². The number of nitro groups is 1. The van der Waals surface area contributed by atoms with Gasteiger partial charge in [0.05, 0.1) is 15.6 Å². The van der Waals surface area contributed by atoms with E-state index in [4.69, 9.17) is 21.1 Å². The number of benzene rings is 2. The summed E-state index contributed by atoms with van der Waals surface area (Å²) < 4.78 is 10.8. The van der Waals surface area contributed by atoms with Gasteiger partial charge in [-0.05, 0) is 58.5 Å². The number of hydrogen-bond acceptors (Lipinski definition) is 7. The monoisotopic (exact) mass is 541 g/mol. The molecule has 0 fully saturated rings. The zero-order valence-electron chi connectivity index (χ0n) is 15.6. The second-order valence-corrected chi connectivity index (χ2v) is 7.27. The van der Waals surface area contributed by atoms with Gasteiger partial charge in [0.1, 0.15) is 17.3 Å². The van der Waals surface area contributed by atoms with Crippen LogP contribution in [0.5, 0.6) is 11.5 Å². The molecule has 0 heterocycles. The van der Waals surface area contributed by atoms with E-state index < -0.39 is 22.5 Å². The van der Waals surface area contributed by atoms with Crippen molar-refractivity contribution in [2.24, 2.45) is 0 Å². The predicted octanol–water partition coefficient (Wildman–Crippen LogP) is 4.33. The van der Waals surface area contributed by atoms with Gasteiger partial charge in [-0.25, -0.2) is 0 Å². The number of nitro benzene ring substituents is 1. The highest BCUT2D eigenvalue weighted by atomic mass is 127. The summed E-state index contributed by atoms with van der Waals surface area (Å²) in [4.78, 5) is 34.2. The number of esters is 1. The van der Waals surface area contributed by atoms with Crippen molar-refractivity contribution < 1.29 is 24.0 Å². The fourth-order valence-corrected chi connectivity index (χ4v) is 3.23. The molecule has 1 amide bonds. The van der Waals surface area contributed by atoms with Gasteiger partial charge in [-0.2, -0.15) is 5.26 Å². The molecule has 0 aliphatic carbocycles. The minimum atomic E-state index is -0.846. The minimum absolute atomic E-state index is 0.104. The Morgan fingerprint density at radius 1 is 1.33 bits per heavy atom. The van der Waals surface area contributed by atoms with Gasteiger partial charge < -0.3 is 14.8 Å². The van der Waals surface area contributed by atoms with E-state index in [1.54, 1.807) is 12.1 Å². The highest BCUT2D eigenvalue weighted by Gasteiger charge is 2.19. The molecule has 0 aromatic heterocycles. The van der Waals surface area contributed by atoms with Crippen LogP contribution in [0, 0.1) is 25.0 Å². The van der Waals surface area contributed by atoms with Crippen LogP contribution in [0.1, 0.15) is 12.5 Å². The van der Waals surface area contributed by atoms with Gasteiger partial charge in [0, 0.05) is 18.0 Å². The fourth-order valence-electron chi connectivity index (χ4n) is 2.33. The molecule has 0 bridgehead atoms. The Hall–Kier alpha value is -3.17. The van der Waals surface area contributed by atoms with Crippen molar-refractivity contribution in [2.45, 2.75) is 6.92 Å². The number of rotatable bonds is 6. The van der Waals surface area contributed by atoms with E-state index in [-0.39, 0.29) is 27.8 Å². The van der Waals surface area contributed by atoms with Gasteiger partial charge in [-0.3, -0.25) is 19.7 Å². The molecule has 2 rings (SSSR count). The Morgan fingerprint density at radius 3 is 2.60 bits per heavy atom. The normalized spacial score (nSPS) is 10.7. The molecule has 11 heteroatoms. The zero-order chi connectivity index (χ0) is 22.4. The number of ether oxygens (including phenoxy) is 2. The van der Waals surface area contributed by atoms with Crippen LogP contribution in [0.2, 0.25) is 5.02 Å². The van der Waals surface area contributed by atoms with E-state index in [9.17, 15) is 25.0 Å². The number of nitrogens with one attached hydrogen (secondary N) is 1. The minimum Gasteiger partial charge on any atom is -0.493 e. The number of carbonyl (C=O) groups excluding carboxylic acids is 2. The van der Waals surface area contributed by atoms with E-state index >= 15 is 0 Å². The SMILES string of the molecule is COc1cc(C=C(C#N)C(=O)Nc2ccc(Cl)cc2[N+](=O)[O-])cc(I)c1OC(C)=O. The van der Waals surface area contributed by atoms with Gasteiger partial charge in [-0.1, -0.05) is 11.6 Å². The summed E-state index contributed by atoms with van der Waals surface area (Å²) in [6, 6.07) is 8.56. The number of nitriles is 1. The maximum Gasteiger partial charge on any atom is 0.308 e. The third-order valence-corrected chi connectivity index (χ3v) is 4.61. The zero-order valence-corrected chi connectivity index (χ0v) is 18.5. The molecular formula is C19H13ClIN3O6. The van der Waals surface area contributed by atoms with Crippen LogP contribution < -0.4 is 14.8 Å². The molecule has 0 aliphatic heterocycles. The van der Waals surface area contributed by atoms with Crippen molar-refractivity contribution in [1.82, 2.24) is 0 Å². The highest BCUT2D eigenvalue weighted by Crippen LogP contribution is 2.35. The van der Waals surface area contributed by atoms with Crippen LogP contribution in [0.15, 0.2) is 35.9 Å². The third-order valence-electron chi connectivity index (χ3n) is 3.58. The number of halogens is 2. The number of anilines is 1. The van der Waals surface area contributed by atoms with Crippen LogP contribution in [-0.4, -0.2) is 23.9 Å². The molecule has 1 N–H and O–H groups in total. The maximum absolute atomic E-state index is 12.5. The molecule has 0 saturated carbocycles. The van der Waals surface area contributed by atoms with Gasteiger partial charge in [0.25, 0.3) is 11.6 Å². The Kier molecular flexibility index (Phi) is 7.73. The Bertz CT molecular complexity index is 1110. The first-order chi connectivity index (χ1) is 14.2. The lowest BCUT2D eigenvalue weighted by Crippen LogP contribution is -2.14. The van der Waals surface area contributed by atoms with Crippen molar-refractivity contribution in [3.8, 4) is 17.6 Å². The predicted molar refractivity (Wildman–Crippen MR) is 117 cm³/mol. The smallest absolute Gasteiger partial charge is 0.308 e. The lowest BCUT2D eigenvalue weighted by atomic mass is 10.1. The van der Waals surface area contributed by atoms with Gasteiger partial charge in [-0.15, -0.1) is 0 Å². The second kappa shape index (κ2) is 10.0. The first-order valence-corrected chi connectivity index (χ1v) is 9.55. The van der Waals surface area contributed by atoms with Gasteiger partial charge in [0.2, 0.25) is 0 Å². The summed E-state index contributed by atoms with van der Waals surface area (Å²) in [6.45, 7) is 1.25. The Labute approximate surface area is 189 Å². The molecule has 9 nitrogen and oxygen atoms in total. The molecule has 0 radical (unpaired) electrons. The van der Waals surface area contributed by atoms with Crippen LogP contribution in [0.25, 0.3) is 6.08 Å². The standard InChI is InChI=1S/C19H13ClIN3O6/c1-10(25)30-18-14(21)6-11(7-17(18)29-2)5-12(9-22)19(26)23-15-4-3-13(20)8-16(15)24(27)28/h3-8H,1-2H3,(H,23,26). The van der Waals surface area contributed by atoms with E-state index in [1.165, 1.54) is 38.3 Å². The van der Waals surface area contributed by atoms with E-state index in [1.807, 2.05) is 22.6 Å². The summed E-state index contributed by atoms with van der Waals surface area (Å²) in [7, 11) is 1.38. The van der Waals surface area contributed by atoms with Crippen LogP contribution in [-0.2, 0) is 9.59 Å². The van der Waals surface area contributed by atoms with Crippen LogP contribution in [0.3, 0.4) is 0 Å². The van der Waals surface area contributed by atoms with Crippen LogP contribution >= 0.6 is 34.2 Å². The second-order valence-electron chi connectivity index (χ2n) is 5.67. The van der Waals surface area contributed by atoms with E-state index in [0.717, 1.165) is 6.07 Å². The molecule has 0 atom stereocenters. The fraction of sp³-hybridized carbons (Fsp3) is 0.105. The molecular weight excluding hydrogens is 529 g/mol. The topological polar surface area (TPSA) is 132 Å². The molecule has 0 spiro atoms. The van der Waals surface area contributed by atoms with Crippen LogP contribution in [0.4, 0.5) is 11.4 Å².